The Morgan fingerprint density at radius 2 is 2.00 bits per heavy atom. The van der Waals surface area contributed by atoms with Crippen molar-refractivity contribution in [2.24, 2.45) is 5.73 Å². The summed E-state index contributed by atoms with van der Waals surface area (Å²) in [6.45, 7) is 5.52. The number of likely N-dealkylation sites (tertiary alicyclic amines) is 1. The summed E-state index contributed by atoms with van der Waals surface area (Å²) in [5, 5.41) is 2.95. The summed E-state index contributed by atoms with van der Waals surface area (Å²) in [5.74, 6) is 0.0499. The molecule has 1 aliphatic heterocycles. The van der Waals surface area contributed by atoms with Gasteiger partial charge in [0.05, 0.1) is 5.54 Å². The van der Waals surface area contributed by atoms with Gasteiger partial charge in [-0.1, -0.05) is 6.42 Å². The van der Waals surface area contributed by atoms with Gasteiger partial charge in [-0.2, -0.15) is 0 Å². The highest BCUT2D eigenvalue weighted by Gasteiger charge is 2.45. The van der Waals surface area contributed by atoms with E-state index in [1.807, 2.05) is 0 Å². The van der Waals surface area contributed by atoms with Gasteiger partial charge in [0.2, 0.25) is 5.91 Å². The van der Waals surface area contributed by atoms with Crippen LogP contribution in [0.1, 0.15) is 51.9 Å². The van der Waals surface area contributed by atoms with Crippen LogP contribution in [0.2, 0.25) is 0 Å². The molecular formula is C14H29Cl2N3O. The van der Waals surface area contributed by atoms with Gasteiger partial charge in [0.1, 0.15) is 0 Å². The molecule has 0 aromatic heterocycles. The maximum absolute atomic E-state index is 11.6. The average molecular weight is 326 g/mol. The zero-order chi connectivity index (χ0) is 13.0. The summed E-state index contributed by atoms with van der Waals surface area (Å²) in [6.07, 6.45) is 8.00. The van der Waals surface area contributed by atoms with Crippen LogP contribution in [-0.2, 0) is 4.79 Å². The first-order valence-corrected chi connectivity index (χ1v) is 7.43. The third-order valence-corrected chi connectivity index (χ3v) is 4.34. The maximum Gasteiger partial charge on any atom is 0.240 e. The summed E-state index contributed by atoms with van der Waals surface area (Å²) >= 11 is 0. The van der Waals surface area contributed by atoms with Crippen molar-refractivity contribution in [3.8, 4) is 0 Å². The second-order valence-corrected chi connectivity index (χ2v) is 6.00. The lowest BCUT2D eigenvalue weighted by molar-refractivity contribution is -0.123. The van der Waals surface area contributed by atoms with Crippen LogP contribution in [-0.4, -0.2) is 42.0 Å². The fraction of sp³-hybridized carbons (Fsp3) is 0.929. The summed E-state index contributed by atoms with van der Waals surface area (Å²) in [4.78, 5) is 14.2. The zero-order valence-corrected chi connectivity index (χ0v) is 14.0. The minimum atomic E-state index is -0.513. The van der Waals surface area contributed by atoms with Gasteiger partial charge in [-0.15, -0.1) is 24.8 Å². The Morgan fingerprint density at radius 3 is 2.60 bits per heavy atom. The van der Waals surface area contributed by atoms with Crippen LogP contribution in [0.3, 0.4) is 0 Å². The zero-order valence-electron chi connectivity index (χ0n) is 12.4. The van der Waals surface area contributed by atoms with Crippen LogP contribution >= 0.6 is 24.8 Å². The van der Waals surface area contributed by atoms with Gasteiger partial charge >= 0.3 is 0 Å². The lowest BCUT2D eigenvalue weighted by atomic mass is 10.0. The molecular weight excluding hydrogens is 297 g/mol. The van der Waals surface area contributed by atoms with Gasteiger partial charge in [0.25, 0.3) is 0 Å². The van der Waals surface area contributed by atoms with E-state index in [0.29, 0.717) is 0 Å². The second kappa shape index (κ2) is 9.08. The summed E-state index contributed by atoms with van der Waals surface area (Å²) in [5.41, 5.74) is 5.31. The molecule has 1 atom stereocenters. The molecule has 1 saturated carbocycles. The number of nitrogens with one attached hydrogen (secondary N) is 1. The van der Waals surface area contributed by atoms with Gasteiger partial charge in [-0.25, -0.2) is 0 Å². The van der Waals surface area contributed by atoms with E-state index in [1.54, 1.807) is 0 Å². The van der Waals surface area contributed by atoms with Gasteiger partial charge < -0.3 is 16.0 Å². The Bertz CT molecular complexity index is 298. The predicted octanol–water partition coefficient (Wildman–Crippen LogP) is 2.09. The Labute approximate surface area is 135 Å². The molecule has 1 unspecified atom stereocenters. The van der Waals surface area contributed by atoms with Gasteiger partial charge in [-0.05, 0) is 58.5 Å². The van der Waals surface area contributed by atoms with E-state index in [1.165, 1.54) is 38.8 Å². The van der Waals surface area contributed by atoms with E-state index in [2.05, 4.69) is 17.1 Å². The van der Waals surface area contributed by atoms with Crippen LogP contribution in [0.5, 0.6) is 0 Å². The molecule has 0 aromatic rings. The predicted molar refractivity (Wildman–Crippen MR) is 87.8 cm³/mol. The van der Waals surface area contributed by atoms with E-state index < -0.39 is 5.54 Å². The van der Waals surface area contributed by atoms with Crippen LogP contribution in [0.4, 0.5) is 0 Å². The third kappa shape index (κ3) is 5.76. The molecule has 1 amide bonds. The first-order valence-electron chi connectivity index (χ1n) is 7.43. The molecule has 6 heteroatoms. The molecule has 1 aliphatic carbocycles. The number of piperidine rings is 1. The van der Waals surface area contributed by atoms with Crippen molar-refractivity contribution in [2.45, 2.75) is 63.5 Å². The molecule has 2 aliphatic rings. The average Bonchev–Trinajstić information content (AvgIpc) is 3.10. The topological polar surface area (TPSA) is 58.4 Å². The number of unbranched alkanes of at least 4 members (excludes halogenated alkanes) is 1. The lowest BCUT2D eigenvalue weighted by Gasteiger charge is -2.33. The molecule has 1 saturated heterocycles. The van der Waals surface area contributed by atoms with E-state index in [9.17, 15) is 4.79 Å². The second-order valence-electron chi connectivity index (χ2n) is 6.00. The smallest absolute Gasteiger partial charge is 0.240 e. The lowest BCUT2D eigenvalue weighted by Crippen LogP contribution is -2.43. The molecule has 0 spiro atoms. The van der Waals surface area contributed by atoms with E-state index in [4.69, 9.17) is 5.73 Å². The summed E-state index contributed by atoms with van der Waals surface area (Å²) in [6, 6.07) is 0.743. The number of carbonyl (C=O) groups excluding carboxylic acids is 1. The first-order chi connectivity index (χ1) is 8.62. The van der Waals surface area contributed by atoms with Crippen molar-refractivity contribution < 1.29 is 4.79 Å². The Morgan fingerprint density at radius 1 is 1.30 bits per heavy atom. The number of carbonyl (C=O) groups is 1. The summed E-state index contributed by atoms with van der Waals surface area (Å²) < 4.78 is 0. The normalized spacial score (nSPS) is 24.2. The minimum Gasteiger partial charge on any atom is -0.355 e. The van der Waals surface area contributed by atoms with Crippen LogP contribution in [0.25, 0.3) is 0 Å². The van der Waals surface area contributed by atoms with Gasteiger partial charge in [0.15, 0.2) is 0 Å². The molecule has 0 radical (unpaired) electrons. The molecule has 120 valence electrons. The van der Waals surface area contributed by atoms with Crippen LogP contribution < -0.4 is 11.1 Å². The molecule has 0 bridgehead atoms. The number of hydrogen-bond acceptors (Lipinski definition) is 3. The number of amides is 1. The van der Waals surface area contributed by atoms with Gasteiger partial charge in [0, 0.05) is 12.6 Å². The van der Waals surface area contributed by atoms with Crippen LogP contribution in [0, 0.1) is 0 Å². The van der Waals surface area contributed by atoms with E-state index in [-0.39, 0.29) is 30.7 Å². The van der Waals surface area contributed by atoms with Gasteiger partial charge in [-0.3, -0.25) is 4.79 Å². The van der Waals surface area contributed by atoms with Crippen molar-refractivity contribution in [2.75, 3.05) is 19.6 Å². The highest BCUT2D eigenvalue weighted by molar-refractivity contribution is 5.88. The monoisotopic (exact) mass is 325 g/mol. The third-order valence-electron chi connectivity index (χ3n) is 4.34. The van der Waals surface area contributed by atoms with Crippen molar-refractivity contribution in [1.29, 1.82) is 0 Å². The fourth-order valence-corrected chi connectivity index (χ4v) is 2.67. The Kier molecular flexibility index (Phi) is 9.07. The number of halogens is 2. The summed E-state index contributed by atoms with van der Waals surface area (Å²) in [7, 11) is 0. The number of nitrogens with two attached hydrogens (primary N) is 1. The van der Waals surface area contributed by atoms with Crippen molar-refractivity contribution in [1.82, 2.24) is 10.2 Å². The molecule has 20 heavy (non-hydrogen) atoms. The first kappa shape index (κ1) is 20.0. The van der Waals surface area contributed by atoms with Crippen molar-refractivity contribution in [3.63, 3.8) is 0 Å². The Hall–Kier alpha value is -0.0300. The number of nitrogens with zero attached hydrogens (tertiary/aromatic N) is 1. The van der Waals surface area contributed by atoms with Crippen molar-refractivity contribution >= 4 is 30.7 Å². The standard InChI is InChI=1S/C14H27N3O.2ClH/c1-12-6-2-4-10-17(12)11-5-3-9-16-13(18)14(15)7-8-14;;/h12H,2-11,15H2,1H3,(H,16,18);2*1H. The quantitative estimate of drug-likeness (QED) is 0.735. The fourth-order valence-electron chi connectivity index (χ4n) is 2.67. The van der Waals surface area contributed by atoms with E-state index in [0.717, 1.165) is 31.8 Å². The van der Waals surface area contributed by atoms with E-state index >= 15 is 0 Å². The largest absolute Gasteiger partial charge is 0.355 e. The highest BCUT2D eigenvalue weighted by Crippen LogP contribution is 2.31. The minimum absolute atomic E-state index is 0. The van der Waals surface area contributed by atoms with Crippen LogP contribution in [0.15, 0.2) is 0 Å². The molecule has 4 nitrogen and oxygen atoms in total. The SMILES string of the molecule is CC1CCCCN1CCCCNC(=O)C1(N)CC1.Cl.Cl. The highest BCUT2D eigenvalue weighted by atomic mass is 35.5. The Balaban J connectivity index is 0.00000180. The molecule has 1 heterocycles. The van der Waals surface area contributed by atoms with Crippen molar-refractivity contribution in [3.05, 3.63) is 0 Å². The molecule has 2 fully saturated rings. The maximum atomic E-state index is 11.6. The molecule has 0 aromatic carbocycles. The molecule has 2 rings (SSSR count). The number of hydrogen-bond donors (Lipinski definition) is 2. The number of rotatable bonds is 6. The molecule has 3 N–H and O–H groups in total.